The summed E-state index contributed by atoms with van der Waals surface area (Å²) in [5.74, 6) is -0.761. The number of amides is 1. The molecule has 0 spiro atoms. The van der Waals surface area contributed by atoms with Gasteiger partial charge in [-0.05, 0) is 17.7 Å². The number of primary amides is 1. The van der Waals surface area contributed by atoms with Crippen LogP contribution in [0.1, 0.15) is 12.0 Å². The third-order valence-electron chi connectivity index (χ3n) is 1.74. The molecule has 1 aromatic rings. The van der Waals surface area contributed by atoms with E-state index in [4.69, 9.17) is 5.73 Å². The van der Waals surface area contributed by atoms with E-state index in [0.717, 1.165) is 0 Å². The lowest BCUT2D eigenvalue weighted by Crippen LogP contribution is -2.16. The summed E-state index contributed by atoms with van der Waals surface area (Å²) in [4.78, 5) is 10.4. The van der Waals surface area contributed by atoms with Gasteiger partial charge < -0.3 is 10.5 Å². The second kappa shape index (κ2) is 5.38. The molecular weight excluding hydrogens is 235 g/mol. The van der Waals surface area contributed by atoms with Crippen LogP contribution in [-0.4, -0.2) is 12.3 Å². The molecular formula is C11H10F3NO2. The van der Waals surface area contributed by atoms with E-state index >= 15 is 0 Å². The van der Waals surface area contributed by atoms with E-state index in [1.54, 1.807) is 6.08 Å². The first-order valence-corrected chi connectivity index (χ1v) is 4.67. The molecule has 0 atom stereocenters. The van der Waals surface area contributed by atoms with E-state index in [1.165, 1.54) is 30.3 Å². The molecule has 0 fully saturated rings. The van der Waals surface area contributed by atoms with Gasteiger partial charge in [0.1, 0.15) is 5.75 Å². The molecule has 1 aromatic carbocycles. The van der Waals surface area contributed by atoms with E-state index in [1.807, 2.05) is 0 Å². The summed E-state index contributed by atoms with van der Waals surface area (Å²) in [6, 6.07) is 5.27. The molecule has 0 heterocycles. The molecule has 0 radical (unpaired) electrons. The van der Waals surface area contributed by atoms with Gasteiger partial charge in [-0.25, -0.2) is 0 Å². The summed E-state index contributed by atoms with van der Waals surface area (Å²) in [6.45, 7) is 0. The van der Waals surface area contributed by atoms with Gasteiger partial charge in [0.25, 0.3) is 0 Å². The minimum atomic E-state index is -4.69. The second-order valence-corrected chi connectivity index (χ2v) is 3.19. The molecule has 3 nitrogen and oxygen atoms in total. The molecule has 0 unspecified atom stereocenters. The normalized spacial score (nSPS) is 11.7. The summed E-state index contributed by atoms with van der Waals surface area (Å²) < 4.78 is 39.2. The third kappa shape index (κ3) is 5.60. The van der Waals surface area contributed by atoms with Gasteiger partial charge in [0.15, 0.2) is 0 Å². The maximum Gasteiger partial charge on any atom is 0.573 e. The highest BCUT2D eigenvalue weighted by Gasteiger charge is 2.30. The van der Waals surface area contributed by atoms with Crippen molar-refractivity contribution in [2.24, 2.45) is 5.73 Å². The topological polar surface area (TPSA) is 52.3 Å². The number of alkyl halides is 3. The molecule has 0 saturated heterocycles. The van der Waals surface area contributed by atoms with Crippen LogP contribution in [0.25, 0.3) is 6.08 Å². The first-order valence-electron chi connectivity index (χ1n) is 4.67. The highest BCUT2D eigenvalue weighted by Crippen LogP contribution is 2.22. The second-order valence-electron chi connectivity index (χ2n) is 3.19. The summed E-state index contributed by atoms with van der Waals surface area (Å²) >= 11 is 0. The van der Waals surface area contributed by atoms with Crippen molar-refractivity contribution in [1.82, 2.24) is 0 Å². The van der Waals surface area contributed by atoms with E-state index < -0.39 is 12.3 Å². The molecule has 0 bridgehead atoms. The molecule has 0 aromatic heterocycles. The van der Waals surface area contributed by atoms with Crippen LogP contribution in [0.4, 0.5) is 13.2 Å². The van der Waals surface area contributed by atoms with Crippen molar-refractivity contribution >= 4 is 12.0 Å². The number of carbonyl (C=O) groups excluding carboxylic acids is 1. The molecule has 0 aliphatic rings. The first-order chi connectivity index (χ1) is 7.87. The Kier molecular flexibility index (Phi) is 4.14. The van der Waals surface area contributed by atoms with Crippen LogP contribution >= 0.6 is 0 Å². The lowest BCUT2D eigenvalue weighted by molar-refractivity contribution is -0.274. The fraction of sp³-hybridized carbons (Fsp3) is 0.182. The van der Waals surface area contributed by atoms with Gasteiger partial charge in [-0.1, -0.05) is 24.3 Å². The third-order valence-corrected chi connectivity index (χ3v) is 1.74. The molecule has 1 rings (SSSR count). The molecule has 0 aliphatic heterocycles. The van der Waals surface area contributed by atoms with Crippen LogP contribution in [0.3, 0.4) is 0 Å². The first kappa shape index (κ1) is 13.1. The average molecular weight is 245 g/mol. The van der Waals surface area contributed by atoms with Gasteiger partial charge in [-0.3, -0.25) is 4.79 Å². The van der Waals surface area contributed by atoms with Crippen LogP contribution in [-0.2, 0) is 4.79 Å². The number of ether oxygens (including phenoxy) is 1. The number of halogens is 3. The molecule has 92 valence electrons. The summed E-state index contributed by atoms with van der Waals surface area (Å²) in [6.07, 6.45) is -1.49. The van der Waals surface area contributed by atoms with Crippen molar-refractivity contribution in [3.05, 3.63) is 35.9 Å². The predicted octanol–water partition coefficient (Wildman–Crippen LogP) is 2.47. The Morgan fingerprint density at radius 3 is 2.35 bits per heavy atom. The van der Waals surface area contributed by atoms with Crippen molar-refractivity contribution < 1.29 is 22.7 Å². The molecule has 0 aliphatic carbocycles. The van der Waals surface area contributed by atoms with E-state index in [2.05, 4.69) is 4.74 Å². The van der Waals surface area contributed by atoms with Gasteiger partial charge in [-0.2, -0.15) is 0 Å². The Labute approximate surface area is 95.7 Å². The van der Waals surface area contributed by atoms with Crippen LogP contribution in [0, 0.1) is 0 Å². The van der Waals surface area contributed by atoms with Gasteiger partial charge >= 0.3 is 6.36 Å². The summed E-state index contributed by atoms with van der Waals surface area (Å²) in [7, 11) is 0. The lowest BCUT2D eigenvalue weighted by Gasteiger charge is -2.08. The Morgan fingerprint density at radius 2 is 1.88 bits per heavy atom. The molecule has 6 heteroatoms. The Balaban J connectivity index is 2.62. The van der Waals surface area contributed by atoms with Crippen LogP contribution in [0.2, 0.25) is 0 Å². The molecule has 0 saturated carbocycles. The van der Waals surface area contributed by atoms with Gasteiger partial charge in [-0.15, -0.1) is 13.2 Å². The fourth-order valence-corrected chi connectivity index (χ4v) is 1.09. The van der Waals surface area contributed by atoms with Crippen molar-refractivity contribution in [2.75, 3.05) is 0 Å². The number of nitrogens with two attached hydrogens (primary N) is 1. The number of carbonyl (C=O) groups is 1. The van der Waals surface area contributed by atoms with Crippen LogP contribution in [0.5, 0.6) is 5.75 Å². The van der Waals surface area contributed by atoms with E-state index in [-0.39, 0.29) is 12.2 Å². The minimum Gasteiger partial charge on any atom is -0.406 e. The largest absolute Gasteiger partial charge is 0.573 e. The highest BCUT2D eigenvalue weighted by atomic mass is 19.4. The SMILES string of the molecule is NC(=O)CC=Cc1ccc(OC(F)(F)F)cc1. The Morgan fingerprint density at radius 1 is 1.29 bits per heavy atom. The highest BCUT2D eigenvalue weighted by molar-refractivity contribution is 5.76. The van der Waals surface area contributed by atoms with Crippen molar-refractivity contribution in [1.29, 1.82) is 0 Å². The average Bonchev–Trinajstić information content (AvgIpc) is 2.18. The van der Waals surface area contributed by atoms with Crippen LogP contribution in [0.15, 0.2) is 30.3 Å². The van der Waals surface area contributed by atoms with E-state index in [9.17, 15) is 18.0 Å². The smallest absolute Gasteiger partial charge is 0.406 e. The van der Waals surface area contributed by atoms with Gasteiger partial charge in [0, 0.05) is 6.42 Å². The predicted molar refractivity (Wildman–Crippen MR) is 56.0 cm³/mol. The molecule has 2 N–H and O–H groups in total. The molecule has 1 amide bonds. The van der Waals surface area contributed by atoms with Crippen molar-refractivity contribution in [2.45, 2.75) is 12.8 Å². The maximum atomic E-state index is 11.8. The summed E-state index contributed by atoms with van der Waals surface area (Å²) in [5.41, 5.74) is 5.57. The van der Waals surface area contributed by atoms with Gasteiger partial charge in [0.2, 0.25) is 5.91 Å². The zero-order chi connectivity index (χ0) is 12.9. The number of rotatable bonds is 4. The zero-order valence-electron chi connectivity index (χ0n) is 8.70. The van der Waals surface area contributed by atoms with Crippen molar-refractivity contribution in [3.8, 4) is 5.75 Å². The Hall–Kier alpha value is -1.98. The standard InChI is InChI=1S/C11H10F3NO2/c12-11(13,14)17-9-6-4-8(5-7-9)2-1-3-10(15)16/h1-2,4-7H,3H2,(H2,15,16). The van der Waals surface area contributed by atoms with Gasteiger partial charge in [0.05, 0.1) is 0 Å². The minimum absolute atomic E-state index is 0.0841. The Bertz CT molecular complexity index is 410. The van der Waals surface area contributed by atoms with E-state index in [0.29, 0.717) is 5.56 Å². The number of benzene rings is 1. The zero-order valence-corrected chi connectivity index (χ0v) is 8.70. The number of hydrogen-bond donors (Lipinski definition) is 1. The molecule has 17 heavy (non-hydrogen) atoms. The lowest BCUT2D eigenvalue weighted by atomic mass is 10.2. The fourth-order valence-electron chi connectivity index (χ4n) is 1.09. The maximum absolute atomic E-state index is 11.8. The summed E-state index contributed by atoms with van der Waals surface area (Å²) in [5, 5.41) is 0. The monoisotopic (exact) mass is 245 g/mol. The number of hydrogen-bond acceptors (Lipinski definition) is 2. The van der Waals surface area contributed by atoms with Crippen LogP contribution < -0.4 is 10.5 Å². The van der Waals surface area contributed by atoms with Crippen molar-refractivity contribution in [3.63, 3.8) is 0 Å². The quantitative estimate of drug-likeness (QED) is 0.885.